The van der Waals surface area contributed by atoms with Crippen molar-refractivity contribution in [2.75, 3.05) is 18.4 Å². The second-order valence-electron chi connectivity index (χ2n) is 9.77. The fourth-order valence-electron chi connectivity index (χ4n) is 5.05. The largest absolute Gasteiger partial charge is 0.465 e. The van der Waals surface area contributed by atoms with E-state index in [0.29, 0.717) is 11.4 Å². The molecule has 38 heavy (non-hydrogen) atoms. The number of hydrogen-bond acceptors (Lipinski definition) is 6. The Hall–Kier alpha value is -3.69. The summed E-state index contributed by atoms with van der Waals surface area (Å²) in [6, 6.07) is 16.2. The Balaban J connectivity index is 1.38. The van der Waals surface area contributed by atoms with Crippen LogP contribution in [0.4, 0.5) is 10.5 Å². The average molecular weight is 522 g/mol. The zero-order valence-corrected chi connectivity index (χ0v) is 21.4. The Morgan fingerprint density at radius 1 is 1.03 bits per heavy atom. The van der Waals surface area contributed by atoms with Gasteiger partial charge in [-0.1, -0.05) is 61.7 Å². The Bertz CT molecular complexity index is 1190. The van der Waals surface area contributed by atoms with Crippen LogP contribution in [0.3, 0.4) is 0 Å². The molecule has 1 aromatic heterocycles. The second kappa shape index (κ2) is 12.7. The topological polar surface area (TPSA) is 136 Å². The highest BCUT2D eigenvalue weighted by atomic mass is 16.4. The number of aromatic nitrogens is 1. The molecule has 0 radical (unpaired) electrons. The molecule has 9 heteroatoms. The van der Waals surface area contributed by atoms with E-state index in [1.165, 1.54) is 4.90 Å². The normalized spacial score (nSPS) is 15.5. The predicted octanol–water partition coefficient (Wildman–Crippen LogP) is 4.53. The Morgan fingerprint density at radius 2 is 1.74 bits per heavy atom. The quantitative estimate of drug-likeness (QED) is 0.291. The van der Waals surface area contributed by atoms with Crippen LogP contribution in [-0.4, -0.2) is 50.3 Å². The molecule has 0 unspecified atom stereocenters. The monoisotopic (exact) mass is 521 g/mol. The number of benzene rings is 2. The molecule has 2 amide bonds. The summed E-state index contributed by atoms with van der Waals surface area (Å²) in [6.07, 6.45) is 5.67. The molecular weight excluding hydrogens is 486 g/mol. The van der Waals surface area contributed by atoms with Gasteiger partial charge in [0.05, 0.1) is 12.8 Å². The number of anilines is 1. The first-order valence-electron chi connectivity index (χ1n) is 13.1. The van der Waals surface area contributed by atoms with Gasteiger partial charge < -0.3 is 30.0 Å². The number of carbonyl (C=O) groups is 2. The molecule has 0 bridgehead atoms. The average Bonchev–Trinajstić information content (AvgIpc) is 3.43. The first-order chi connectivity index (χ1) is 18.4. The number of rotatable bonds is 11. The minimum Gasteiger partial charge on any atom is -0.465 e. The minimum atomic E-state index is -1.35. The van der Waals surface area contributed by atoms with Crippen LogP contribution in [0.25, 0.3) is 0 Å². The third kappa shape index (κ3) is 6.59. The van der Waals surface area contributed by atoms with Gasteiger partial charge in [0.15, 0.2) is 5.60 Å². The number of carboxylic acid groups (broad SMARTS) is 1. The first-order valence-corrected chi connectivity index (χ1v) is 13.1. The molecule has 9 nitrogen and oxygen atoms in total. The molecular formula is C29H35N3O6. The van der Waals surface area contributed by atoms with Gasteiger partial charge in [-0.15, -0.1) is 0 Å². The molecule has 4 rings (SSSR count). The molecule has 2 aromatic carbocycles. The smallest absolute Gasteiger partial charge is 0.407 e. The molecule has 1 aliphatic rings. The minimum absolute atomic E-state index is 0.00879. The van der Waals surface area contributed by atoms with Crippen molar-refractivity contribution in [3.8, 4) is 0 Å². The summed E-state index contributed by atoms with van der Waals surface area (Å²) >= 11 is 0. The SMILES string of the molecule is O=C(CCN(CCc1cnc([C@](O)(c2ccccc2)C2CCCCC2)o1)C(=O)O)Nc1ccc(CO)cc1. The van der Waals surface area contributed by atoms with Crippen LogP contribution in [0.1, 0.15) is 61.3 Å². The maximum absolute atomic E-state index is 12.3. The van der Waals surface area contributed by atoms with E-state index in [-0.39, 0.29) is 50.3 Å². The molecule has 0 spiro atoms. The van der Waals surface area contributed by atoms with Crippen LogP contribution in [0.2, 0.25) is 0 Å². The molecule has 1 aliphatic carbocycles. The molecule has 4 N–H and O–H groups in total. The van der Waals surface area contributed by atoms with E-state index >= 15 is 0 Å². The summed E-state index contributed by atoms with van der Waals surface area (Å²) < 4.78 is 6.03. The number of nitrogens with one attached hydrogen (secondary N) is 1. The predicted molar refractivity (Wildman–Crippen MR) is 141 cm³/mol. The van der Waals surface area contributed by atoms with Crippen molar-refractivity contribution in [1.82, 2.24) is 9.88 Å². The van der Waals surface area contributed by atoms with Crippen LogP contribution in [0.5, 0.6) is 0 Å². The summed E-state index contributed by atoms with van der Waals surface area (Å²) in [5.41, 5.74) is 0.702. The standard InChI is InChI=1S/C29H35N3O6/c33-20-21-11-13-24(14-12-21)31-26(34)16-18-32(28(35)36)17-15-25-19-30-27(38-25)29(37,22-7-3-1-4-8-22)23-9-5-2-6-10-23/h1,3-4,7-8,11-14,19,23,33,37H,2,5-6,9-10,15-18,20H2,(H,31,34)(H,35,36)/t29-/m0/s1. The second-order valence-corrected chi connectivity index (χ2v) is 9.77. The van der Waals surface area contributed by atoms with Gasteiger partial charge in [0, 0.05) is 37.5 Å². The lowest BCUT2D eigenvalue weighted by Gasteiger charge is -2.36. The number of aliphatic hydroxyl groups is 2. The lowest BCUT2D eigenvalue weighted by atomic mass is 9.73. The van der Waals surface area contributed by atoms with E-state index in [2.05, 4.69) is 10.3 Å². The number of nitrogens with zero attached hydrogens (tertiary/aromatic N) is 2. The molecule has 3 aromatic rings. The maximum Gasteiger partial charge on any atom is 0.407 e. The first kappa shape index (κ1) is 27.3. The third-order valence-corrected chi connectivity index (χ3v) is 7.22. The van der Waals surface area contributed by atoms with E-state index in [4.69, 9.17) is 9.52 Å². The van der Waals surface area contributed by atoms with Crippen molar-refractivity contribution in [3.05, 3.63) is 83.6 Å². The Labute approximate surface area is 222 Å². The van der Waals surface area contributed by atoms with Gasteiger partial charge in [0.25, 0.3) is 0 Å². The van der Waals surface area contributed by atoms with Gasteiger partial charge in [0.1, 0.15) is 5.76 Å². The van der Waals surface area contributed by atoms with Gasteiger partial charge in [0.2, 0.25) is 11.8 Å². The number of amides is 2. The van der Waals surface area contributed by atoms with Crippen molar-refractivity contribution in [2.24, 2.45) is 5.92 Å². The van der Waals surface area contributed by atoms with Gasteiger partial charge in [-0.3, -0.25) is 4.79 Å². The van der Waals surface area contributed by atoms with E-state index in [9.17, 15) is 19.8 Å². The van der Waals surface area contributed by atoms with E-state index in [1.54, 1.807) is 30.5 Å². The molecule has 1 heterocycles. The molecule has 0 saturated heterocycles. The van der Waals surface area contributed by atoms with Gasteiger partial charge in [-0.25, -0.2) is 9.78 Å². The van der Waals surface area contributed by atoms with Crippen molar-refractivity contribution in [1.29, 1.82) is 0 Å². The summed E-state index contributed by atoms with van der Waals surface area (Å²) in [5, 5.41) is 33.4. The molecule has 202 valence electrons. The Kier molecular flexibility index (Phi) is 9.15. The van der Waals surface area contributed by atoms with Gasteiger partial charge in [-0.05, 0) is 36.1 Å². The summed E-state index contributed by atoms with van der Waals surface area (Å²) in [7, 11) is 0. The molecule has 1 atom stereocenters. The summed E-state index contributed by atoms with van der Waals surface area (Å²) in [5.74, 6) is 0.387. The highest BCUT2D eigenvalue weighted by Crippen LogP contribution is 2.43. The zero-order valence-electron chi connectivity index (χ0n) is 21.4. The molecule has 0 aliphatic heterocycles. The van der Waals surface area contributed by atoms with Crippen LogP contribution in [0, 0.1) is 5.92 Å². The van der Waals surface area contributed by atoms with Crippen LogP contribution in [0.15, 0.2) is 65.2 Å². The number of hydrogen-bond donors (Lipinski definition) is 4. The number of carbonyl (C=O) groups excluding carboxylic acids is 1. The highest BCUT2D eigenvalue weighted by Gasteiger charge is 2.44. The maximum atomic E-state index is 12.3. The lowest BCUT2D eigenvalue weighted by molar-refractivity contribution is -0.116. The fourth-order valence-corrected chi connectivity index (χ4v) is 5.05. The van der Waals surface area contributed by atoms with Crippen molar-refractivity contribution in [2.45, 2.75) is 57.2 Å². The number of aliphatic hydroxyl groups excluding tert-OH is 1. The molecule has 1 saturated carbocycles. The summed E-state index contributed by atoms with van der Waals surface area (Å²) in [4.78, 5) is 29.7. The summed E-state index contributed by atoms with van der Waals surface area (Å²) in [6.45, 7) is 0.0587. The van der Waals surface area contributed by atoms with Gasteiger partial charge in [-0.2, -0.15) is 0 Å². The zero-order chi connectivity index (χ0) is 27.0. The van der Waals surface area contributed by atoms with Crippen LogP contribution in [-0.2, 0) is 23.4 Å². The molecule has 1 fully saturated rings. The Morgan fingerprint density at radius 3 is 2.39 bits per heavy atom. The van der Waals surface area contributed by atoms with Gasteiger partial charge >= 0.3 is 6.09 Å². The lowest BCUT2D eigenvalue weighted by Crippen LogP contribution is -2.38. The van der Waals surface area contributed by atoms with Crippen molar-refractivity contribution < 1.29 is 29.3 Å². The van der Waals surface area contributed by atoms with Crippen molar-refractivity contribution >= 4 is 17.7 Å². The van der Waals surface area contributed by atoms with E-state index in [0.717, 1.165) is 43.2 Å². The fraction of sp³-hybridized carbons (Fsp3) is 0.414. The van der Waals surface area contributed by atoms with Crippen LogP contribution >= 0.6 is 0 Å². The van der Waals surface area contributed by atoms with Crippen molar-refractivity contribution in [3.63, 3.8) is 0 Å². The third-order valence-electron chi connectivity index (χ3n) is 7.22. The van der Waals surface area contributed by atoms with Crippen LogP contribution < -0.4 is 5.32 Å². The van der Waals surface area contributed by atoms with E-state index in [1.807, 2.05) is 30.3 Å². The highest BCUT2D eigenvalue weighted by molar-refractivity contribution is 5.91. The van der Waals surface area contributed by atoms with E-state index < -0.39 is 11.7 Å². The number of oxazole rings is 1.